The molecular formula is C9H16O3. The molecule has 0 aromatic heterocycles. The molecule has 3 heteroatoms. The van der Waals surface area contributed by atoms with Crippen LogP contribution in [0, 0.1) is 5.92 Å². The van der Waals surface area contributed by atoms with Gasteiger partial charge < -0.3 is 9.84 Å². The molecule has 2 unspecified atom stereocenters. The monoisotopic (exact) mass is 172 g/mol. The summed E-state index contributed by atoms with van der Waals surface area (Å²) in [5.74, 6) is 0.00579. The van der Waals surface area contributed by atoms with Gasteiger partial charge in [-0.2, -0.15) is 0 Å². The predicted molar refractivity (Wildman–Crippen MR) is 44.6 cm³/mol. The third-order valence-corrected chi connectivity index (χ3v) is 2.08. The quantitative estimate of drug-likeness (QED) is 0.634. The summed E-state index contributed by atoms with van der Waals surface area (Å²) in [6, 6.07) is 0. The molecule has 0 aromatic carbocycles. The first kappa shape index (κ1) is 9.52. The molecule has 1 aliphatic rings. The molecule has 1 saturated heterocycles. The fourth-order valence-corrected chi connectivity index (χ4v) is 1.83. The highest BCUT2D eigenvalue weighted by Crippen LogP contribution is 2.32. The van der Waals surface area contributed by atoms with Gasteiger partial charge in [0.25, 0.3) is 0 Å². The molecule has 1 aliphatic heterocycles. The molecule has 0 aliphatic carbocycles. The highest BCUT2D eigenvalue weighted by Gasteiger charge is 2.42. The summed E-state index contributed by atoms with van der Waals surface area (Å²) < 4.78 is 5.08. The Balaban J connectivity index is 2.57. The third-order valence-electron chi connectivity index (χ3n) is 2.08. The smallest absolute Gasteiger partial charge is 0.335 e. The van der Waals surface area contributed by atoms with Crippen LogP contribution in [0.25, 0.3) is 0 Å². The van der Waals surface area contributed by atoms with E-state index in [1.54, 1.807) is 0 Å². The second-order valence-corrected chi connectivity index (χ2v) is 4.19. The number of esters is 1. The van der Waals surface area contributed by atoms with Crippen molar-refractivity contribution in [2.24, 2.45) is 5.92 Å². The van der Waals surface area contributed by atoms with Gasteiger partial charge >= 0.3 is 5.97 Å². The number of carbonyl (C=O) groups is 1. The minimum Gasteiger partial charge on any atom is -0.457 e. The molecule has 3 nitrogen and oxygen atoms in total. The molecule has 1 fully saturated rings. The number of aliphatic hydroxyl groups is 1. The first-order chi connectivity index (χ1) is 5.43. The topological polar surface area (TPSA) is 46.5 Å². The van der Waals surface area contributed by atoms with Crippen LogP contribution in [-0.4, -0.2) is 22.8 Å². The van der Waals surface area contributed by atoms with Crippen LogP contribution in [0.1, 0.15) is 33.6 Å². The summed E-state index contributed by atoms with van der Waals surface area (Å²) in [5.41, 5.74) is -0.440. The lowest BCUT2D eigenvalue weighted by molar-refractivity contribution is -0.152. The maximum absolute atomic E-state index is 10.9. The fourth-order valence-electron chi connectivity index (χ4n) is 1.83. The maximum atomic E-state index is 10.9. The molecule has 2 atom stereocenters. The van der Waals surface area contributed by atoms with Crippen molar-refractivity contribution in [2.45, 2.75) is 45.3 Å². The van der Waals surface area contributed by atoms with Crippen LogP contribution in [-0.2, 0) is 9.53 Å². The van der Waals surface area contributed by atoms with Gasteiger partial charge in [-0.3, -0.25) is 0 Å². The van der Waals surface area contributed by atoms with Gasteiger partial charge in [0.05, 0.1) is 0 Å². The molecule has 0 spiro atoms. The van der Waals surface area contributed by atoms with E-state index >= 15 is 0 Å². The second kappa shape index (κ2) is 3.05. The van der Waals surface area contributed by atoms with E-state index in [9.17, 15) is 9.90 Å². The number of carbonyl (C=O) groups excluding carboxylic acids is 1. The normalized spacial score (nSPS) is 35.8. The lowest BCUT2D eigenvalue weighted by atomic mass is 9.91. The highest BCUT2D eigenvalue weighted by molar-refractivity contribution is 5.77. The lowest BCUT2D eigenvalue weighted by Crippen LogP contribution is -2.26. The van der Waals surface area contributed by atoms with Gasteiger partial charge in [-0.1, -0.05) is 13.8 Å². The Bertz CT molecular complexity index is 188. The van der Waals surface area contributed by atoms with Crippen molar-refractivity contribution in [1.82, 2.24) is 0 Å². The average Bonchev–Trinajstić information content (AvgIpc) is 2.04. The van der Waals surface area contributed by atoms with Crippen molar-refractivity contribution >= 4 is 5.97 Å². The summed E-state index contributed by atoms with van der Waals surface area (Å²) in [7, 11) is 0. The molecule has 70 valence electrons. The van der Waals surface area contributed by atoms with Crippen LogP contribution in [0.2, 0.25) is 0 Å². The summed E-state index contributed by atoms with van der Waals surface area (Å²) in [6.07, 6.45) is 0.341. The van der Waals surface area contributed by atoms with Crippen molar-refractivity contribution in [2.75, 3.05) is 0 Å². The van der Waals surface area contributed by atoms with Crippen molar-refractivity contribution in [3.05, 3.63) is 0 Å². The van der Waals surface area contributed by atoms with Gasteiger partial charge in [0.1, 0.15) is 5.60 Å². The predicted octanol–water partition coefficient (Wildman–Crippen LogP) is 1.10. The van der Waals surface area contributed by atoms with Crippen LogP contribution >= 0.6 is 0 Å². The second-order valence-electron chi connectivity index (χ2n) is 4.19. The molecule has 0 bridgehead atoms. The van der Waals surface area contributed by atoms with Gasteiger partial charge in [0.15, 0.2) is 6.10 Å². The fraction of sp³-hybridized carbons (Fsp3) is 0.889. The van der Waals surface area contributed by atoms with Gasteiger partial charge in [0, 0.05) is 6.42 Å². The van der Waals surface area contributed by atoms with Crippen molar-refractivity contribution in [3.8, 4) is 0 Å². The highest BCUT2D eigenvalue weighted by atomic mass is 16.6. The van der Waals surface area contributed by atoms with Crippen molar-refractivity contribution in [1.29, 1.82) is 0 Å². The summed E-state index contributed by atoms with van der Waals surface area (Å²) in [5, 5.41) is 9.17. The molecule has 0 amide bonds. The molecule has 1 rings (SSSR count). The zero-order chi connectivity index (χ0) is 9.35. The Morgan fingerprint density at radius 3 is 2.67 bits per heavy atom. The number of rotatable bonds is 2. The van der Waals surface area contributed by atoms with E-state index in [2.05, 4.69) is 13.8 Å². The third kappa shape index (κ3) is 1.97. The molecule has 0 radical (unpaired) electrons. The van der Waals surface area contributed by atoms with Crippen molar-refractivity contribution < 1.29 is 14.6 Å². The van der Waals surface area contributed by atoms with Gasteiger partial charge in [-0.05, 0) is 19.3 Å². The van der Waals surface area contributed by atoms with E-state index in [4.69, 9.17) is 4.74 Å². The van der Waals surface area contributed by atoms with E-state index in [-0.39, 0.29) is 0 Å². The van der Waals surface area contributed by atoms with Crippen LogP contribution in [0.5, 0.6) is 0 Å². The summed E-state index contributed by atoms with van der Waals surface area (Å²) >= 11 is 0. The van der Waals surface area contributed by atoms with Gasteiger partial charge in [-0.15, -0.1) is 0 Å². The van der Waals surface area contributed by atoms with Crippen molar-refractivity contribution in [3.63, 3.8) is 0 Å². The largest absolute Gasteiger partial charge is 0.457 e. The van der Waals surface area contributed by atoms with Gasteiger partial charge in [0.2, 0.25) is 0 Å². The van der Waals surface area contributed by atoms with Crippen LogP contribution in [0.15, 0.2) is 0 Å². The van der Waals surface area contributed by atoms with Gasteiger partial charge in [-0.25, -0.2) is 4.79 Å². The zero-order valence-corrected chi connectivity index (χ0v) is 7.83. The lowest BCUT2D eigenvalue weighted by Gasteiger charge is -2.23. The van der Waals surface area contributed by atoms with Crippen LogP contribution < -0.4 is 0 Å². The minimum atomic E-state index is -0.909. The Hall–Kier alpha value is -0.570. The minimum absolute atomic E-state index is 0.435. The number of hydrogen-bond acceptors (Lipinski definition) is 3. The summed E-state index contributed by atoms with van der Waals surface area (Å²) in [6.45, 7) is 6.02. The molecule has 1 heterocycles. The number of hydrogen-bond donors (Lipinski definition) is 1. The Morgan fingerprint density at radius 1 is 1.75 bits per heavy atom. The Morgan fingerprint density at radius 2 is 2.33 bits per heavy atom. The molecule has 0 saturated carbocycles. The van der Waals surface area contributed by atoms with E-state index in [1.165, 1.54) is 0 Å². The van der Waals surface area contributed by atoms with E-state index in [1.807, 2.05) is 6.92 Å². The van der Waals surface area contributed by atoms with E-state index in [0.29, 0.717) is 12.3 Å². The number of aliphatic hydroxyl groups excluding tert-OH is 1. The summed E-state index contributed by atoms with van der Waals surface area (Å²) in [4.78, 5) is 10.9. The number of ether oxygens (including phenoxy) is 1. The zero-order valence-electron chi connectivity index (χ0n) is 7.83. The Kier molecular flexibility index (Phi) is 2.42. The molecule has 1 N–H and O–H groups in total. The SMILES string of the molecule is CC(C)CC1(C)CC(O)C(=O)O1. The number of cyclic esters (lactones) is 1. The van der Waals surface area contributed by atoms with Crippen LogP contribution in [0.3, 0.4) is 0 Å². The first-order valence-electron chi connectivity index (χ1n) is 4.34. The maximum Gasteiger partial charge on any atom is 0.335 e. The average molecular weight is 172 g/mol. The molecule has 0 aromatic rings. The molecule has 12 heavy (non-hydrogen) atoms. The van der Waals surface area contributed by atoms with E-state index < -0.39 is 17.7 Å². The first-order valence-corrected chi connectivity index (χ1v) is 4.34. The molecular weight excluding hydrogens is 156 g/mol. The Labute approximate surface area is 72.7 Å². The van der Waals surface area contributed by atoms with E-state index in [0.717, 1.165) is 6.42 Å². The van der Waals surface area contributed by atoms with Crippen LogP contribution in [0.4, 0.5) is 0 Å². The standard InChI is InChI=1S/C9H16O3/c1-6(2)4-9(3)5-7(10)8(11)12-9/h6-7,10H,4-5H2,1-3H3.